The number of benzene rings is 3. The van der Waals surface area contributed by atoms with E-state index < -0.39 is 38.7 Å². The summed E-state index contributed by atoms with van der Waals surface area (Å²) in [6.45, 7) is 2.38. The average Bonchev–Trinajstić information content (AvgIpc) is 3.69. The lowest BCUT2D eigenvalue weighted by molar-refractivity contribution is -0.137. The third-order valence-electron chi connectivity index (χ3n) is 8.97. The Morgan fingerprint density at radius 3 is 2.17 bits per heavy atom. The van der Waals surface area contributed by atoms with Crippen LogP contribution in [0.25, 0.3) is 0 Å². The van der Waals surface area contributed by atoms with Crippen molar-refractivity contribution in [3.05, 3.63) is 113 Å². The van der Waals surface area contributed by atoms with Crippen LogP contribution in [0.1, 0.15) is 52.3 Å². The number of hydrogen-bond donors (Lipinski definition) is 2. The summed E-state index contributed by atoms with van der Waals surface area (Å²) < 4.78 is 78.7. The Kier molecular flexibility index (Phi) is 10.5. The largest absolute Gasteiger partial charge is 0.496 e. The Morgan fingerprint density at radius 2 is 1.60 bits per heavy atom. The lowest BCUT2D eigenvalue weighted by atomic mass is 9.85. The number of nitrogens with zero attached hydrogens (tertiary/aromatic N) is 1. The van der Waals surface area contributed by atoms with Gasteiger partial charge in [-0.1, -0.05) is 24.3 Å². The third kappa shape index (κ3) is 8.22. The van der Waals surface area contributed by atoms with Gasteiger partial charge in [-0.3, -0.25) is 4.79 Å². The molecule has 1 heterocycles. The summed E-state index contributed by atoms with van der Waals surface area (Å²) in [5, 5.41) is 11.8. The second kappa shape index (κ2) is 14.4. The van der Waals surface area contributed by atoms with Gasteiger partial charge in [-0.25, -0.2) is 13.1 Å². The van der Waals surface area contributed by atoms with Crippen molar-refractivity contribution in [1.29, 1.82) is 0 Å². The number of carbonyl (C=O) groups excluding carboxylic acids is 1. The zero-order valence-corrected chi connectivity index (χ0v) is 27.8. The summed E-state index contributed by atoms with van der Waals surface area (Å²) in [6.07, 6.45) is 1.00. The Labute approximate surface area is 278 Å². The number of aromatic nitrogens is 1. The van der Waals surface area contributed by atoms with Gasteiger partial charge in [0.25, 0.3) is 10.0 Å². The van der Waals surface area contributed by atoms with E-state index in [2.05, 4.69) is 12.1 Å². The molecule has 0 radical (unpaired) electrons. The van der Waals surface area contributed by atoms with Crippen LogP contribution in [0.5, 0.6) is 11.5 Å². The summed E-state index contributed by atoms with van der Waals surface area (Å²) >= 11 is 0. The molecular formula is C36H39F3N2O6S. The highest BCUT2D eigenvalue weighted by atomic mass is 32.2. The normalized spacial score (nSPS) is 14.7. The number of hydrogen-bond acceptors (Lipinski definition) is 6. The van der Waals surface area contributed by atoms with Crippen molar-refractivity contribution in [1.82, 2.24) is 9.29 Å². The molecule has 0 fully saturated rings. The topological polar surface area (TPSA) is 107 Å². The zero-order chi connectivity index (χ0) is 34.6. The Bertz CT molecular complexity index is 1800. The van der Waals surface area contributed by atoms with Gasteiger partial charge < -0.3 is 19.1 Å². The van der Waals surface area contributed by atoms with Crippen LogP contribution in [0.2, 0.25) is 0 Å². The molecule has 1 aliphatic rings. The van der Waals surface area contributed by atoms with E-state index >= 15 is 0 Å². The van der Waals surface area contributed by atoms with Crippen molar-refractivity contribution in [2.75, 3.05) is 14.2 Å². The first-order chi connectivity index (χ1) is 22.8. The maximum Gasteiger partial charge on any atom is 0.416 e. The summed E-state index contributed by atoms with van der Waals surface area (Å²) in [5.74, 6) is 0.633. The van der Waals surface area contributed by atoms with E-state index in [1.807, 2.05) is 58.9 Å². The minimum absolute atomic E-state index is 0.154. The summed E-state index contributed by atoms with van der Waals surface area (Å²) in [5.41, 5.74) is 3.99. The summed E-state index contributed by atoms with van der Waals surface area (Å²) in [7, 11) is -1.17. The van der Waals surface area contributed by atoms with Gasteiger partial charge in [0.05, 0.1) is 30.8 Å². The van der Waals surface area contributed by atoms with Gasteiger partial charge in [0, 0.05) is 36.8 Å². The first kappa shape index (κ1) is 35.0. The molecular weight excluding hydrogens is 645 g/mol. The van der Waals surface area contributed by atoms with Crippen molar-refractivity contribution < 1.29 is 41.0 Å². The van der Waals surface area contributed by atoms with Crippen LogP contribution < -0.4 is 14.2 Å². The predicted octanol–water partition coefficient (Wildman–Crippen LogP) is 6.43. The molecule has 3 aromatic carbocycles. The Hall–Kier alpha value is -4.29. The molecule has 0 saturated carbocycles. The highest BCUT2D eigenvalue weighted by molar-refractivity contribution is 7.90. The number of carbonyl (C=O) groups is 1. The number of aliphatic hydroxyl groups is 1. The maximum atomic E-state index is 12.8. The van der Waals surface area contributed by atoms with Gasteiger partial charge in [-0.15, -0.1) is 0 Å². The number of nitrogens with one attached hydrogen (secondary N) is 1. The van der Waals surface area contributed by atoms with E-state index in [1.54, 1.807) is 14.2 Å². The molecule has 1 aromatic heterocycles. The fourth-order valence-electron chi connectivity index (χ4n) is 6.46. The number of sulfonamides is 1. The first-order valence-corrected chi connectivity index (χ1v) is 17.1. The quantitative estimate of drug-likeness (QED) is 0.168. The van der Waals surface area contributed by atoms with E-state index in [9.17, 15) is 31.5 Å². The van der Waals surface area contributed by atoms with Gasteiger partial charge >= 0.3 is 6.18 Å². The van der Waals surface area contributed by atoms with Crippen LogP contribution in [-0.2, 0) is 46.8 Å². The number of aliphatic hydroxyl groups excluding tert-OH is 1. The number of methoxy groups -OCH3 is 2. The van der Waals surface area contributed by atoms with Gasteiger partial charge in [0.1, 0.15) is 11.5 Å². The molecule has 0 unspecified atom stereocenters. The molecule has 1 aliphatic carbocycles. The second-order valence-corrected chi connectivity index (χ2v) is 14.0. The van der Waals surface area contributed by atoms with Crippen molar-refractivity contribution >= 4 is 15.9 Å². The van der Waals surface area contributed by atoms with Gasteiger partial charge in [0.2, 0.25) is 5.91 Å². The zero-order valence-electron chi connectivity index (χ0n) is 27.0. The molecule has 0 spiro atoms. The SMILES string of the molecule is COc1cc([C@@H](O)[C@H](CC2Cc3ccccc3C2)Cn2ccc(CCC(=O)NS(=O)(=O)c3ccc(C(F)(F)F)cc3)c2)cc(OC)c1C. The number of fused-ring (bicyclic) bond motifs is 1. The van der Waals surface area contributed by atoms with E-state index in [0.717, 1.165) is 42.5 Å². The number of rotatable bonds is 13. The predicted molar refractivity (Wildman–Crippen MR) is 174 cm³/mol. The number of alkyl halides is 3. The molecule has 256 valence electrons. The standard InChI is InChI=1S/C36H39F3N2O6S/c1-23-32(46-2)19-28(20-33(23)47-3)35(43)29(18-25-16-26-6-4-5-7-27(26)17-25)22-41-15-14-24(21-41)8-13-34(42)40-48(44,45)31-11-9-30(10-12-31)36(37,38)39/h4-7,9-12,14-15,19-21,25,29,35,43H,8,13,16-18,22H2,1-3H3,(H,40,42)/t29-,35-/m1/s1. The van der Waals surface area contributed by atoms with Crippen molar-refractivity contribution in [2.24, 2.45) is 11.8 Å². The molecule has 0 saturated heterocycles. The fraction of sp³-hybridized carbons (Fsp3) is 0.361. The molecule has 2 N–H and O–H groups in total. The number of halogens is 3. The third-order valence-corrected chi connectivity index (χ3v) is 10.4. The lowest BCUT2D eigenvalue weighted by Crippen LogP contribution is -2.30. The van der Waals surface area contributed by atoms with Crippen LogP contribution in [0.4, 0.5) is 13.2 Å². The van der Waals surface area contributed by atoms with Crippen LogP contribution in [0.3, 0.4) is 0 Å². The van der Waals surface area contributed by atoms with E-state index in [1.165, 1.54) is 11.1 Å². The van der Waals surface area contributed by atoms with Crippen LogP contribution in [0.15, 0.2) is 84.0 Å². The Morgan fingerprint density at radius 1 is 1.00 bits per heavy atom. The number of amides is 1. The molecule has 48 heavy (non-hydrogen) atoms. The summed E-state index contributed by atoms with van der Waals surface area (Å²) in [6, 6.07) is 16.9. The molecule has 2 atom stereocenters. The van der Waals surface area contributed by atoms with Crippen LogP contribution in [-0.4, -0.2) is 38.2 Å². The lowest BCUT2D eigenvalue weighted by Gasteiger charge is -2.27. The van der Waals surface area contributed by atoms with Crippen molar-refractivity contribution in [3.8, 4) is 11.5 Å². The maximum absolute atomic E-state index is 12.8. The molecule has 8 nitrogen and oxygen atoms in total. The van der Waals surface area contributed by atoms with Gasteiger partial charge in [-0.05, 0) is 103 Å². The molecule has 4 aromatic rings. The number of aryl methyl sites for hydroxylation is 1. The van der Waals surface area contributed by atoms with Crippen molar-refractivity contribution in [3.63, 3.8) is 0 Å². The van der Waals surface area contributed by atoms with E-state index in [0.29, 0.717) is 41.7 Å². The highest BCUT2D eigenvalue weighted by Gasteiger charge is 2.32. The second-order valence-electron chi connectivity index (χ2n) is 12.3. The van der Waals surface area contributed by atoms with Crippen LogP contribution >= 0.6 is 0 Å². The highest BCUT2D eigenvalue weighted by Crippen LogP contribution is 2.39. The van der Waals surface area contributed by atoms with Crippen LogP contribution in [0, 0.1) is 18.8 Å². The van der Waals surface area contributed by atoms with Gasteiger partial charge in [-0.2, -0.15) is 13.2 Å². The van der Waals surface area contributed by atoms with E-state index in [-0.39, 0.29) is 18.8 Å². The van der Waals surface area contributed by atoms with Crippen molar-refractivity contribution in [2.45, 2.75) is 62.7 Å². The molecule has 12 heteroatoms. The summed E-state index contributed by atoms with van der Waals surface area (Å²) in [4.78, 5) is 12.1. The molecule has 0 aliphatic heterocycles. The minimum atomic E-state index is -4.61. The molecule has 5 rings (SSSR count). The smallest absolute Gasteiger partial charge is 0.416 e. The monoisotopic (exact) mass is 684 g/mol. The van der Waals surface area contributed by atoms with E-state index in [4.69, 9.17) is 9.47 Å². The molecule has 0 bridgehead atoms. The average molecular weight is 685 g/mol. The minimum Gasteiger partial charge on any atom is -0.496 e. The fourth-order valence-corrected chi connectivity index (χ4v) is 7.47. The Balaban J connectivity index is 1.26. The number of ether oxygens (including phenoxy) is 2. The van der Waals surface area contributed by atoms with Gasteiger partial charge in [0.15, 0.2) is 0 Å². The molecule has 1 amide bonds. The first-order valence-electron chi connectivity index (χ1n) is 15.6.